The quantitative estimate of drug-likeness (QED) is 0.373. The summed E-state index contributed by atoms with van der Waals surface area (Å²) in [6, 6.07) is 10.6. The molecule has 2 saturated heterocycles. The van der Waals surface area contributed by atoms with Gasteiger partial charge in [-0.25, -0.2) is 17.9 Å². The molecule has 0 spiro atoms. The Hall–Kier alpha value is -3.77. The van der Waals surface area contributed by atoms with Crippen molar-refractivity contribution in [3.63, 3.8) is 0 Å². The second kappa shape index (κ2) is 8.91. The molecule has 0 bridgehead atoms. The number of anilines is 1. The van der Waals surface area contributed by atoms with Gasteiger partial charge in [0.05, 0.1) is 46.7 Å². The van der Waals surface area contributed by atoms with Crippen molar-refractivity contribution >= 4 is 32.1 Å². The Morgan fingerprint density at radius 3 is 2.50 bits per heavy atom. The first-order chi connectivity index (χ1) is 18.5. The molecule has 196 valence electrons. The van der Waals surface area contributed by atoms with Gasteiger partial charge >= 0.3 is 0 Å². The van der Waals surface area contributed by atoms with Crippen LogP contribution >= 0.6 is 0 Å². The molecule has 0 radical (unpaired) electrons. The maximum atomic E-state index is 12.0. The van der Waals surface area contributed by atoms with Gasteiger partial charge in [-0.3, -0.25) is 9.36 Å². The van der Waals surface area contributed by atoms with Crippen LogP contribution < -0.4 is 5.73 Å². The highest BCUT2D eigenvalue weighted by Gasteiger charge is 2.27. The van der Waals surface area contributed by atoms with Crippen LogP contribution in [0.3, 0.4) is 0 Å². The van der Waals surface area contributed by atoms with E-state index in [1.807, 2.05) is 33.7 Å². The summed E-state index contributed by atoms with van der Waals surface area (Å²) < 4.78 is 35.4. The molecule has 7 rings (SSSR count). The molecule has 0 saturated carbocycles. The molecule has 0 amide bonds. The van der Waals surface area contributed by atoms with Gasteiger partial charge in [-0.05, 0) is 43.9 Å². The van der Waals surface area contributed by atoms with Gasteiger partial charge in [-0.2, -0.15) is 15.3 Å². The maximum Gasteiger partial charge on any atom is 0.152 e. The van der Waals surface area contributed by atoms with Gasteiger partial charge in [0, 0.05) is 35.9 Å². The first-order valence-corrected chi connectivity index (χ1v) is 14.7. The van der Waals surface area contributed by atoms with Crippen LogP contribution in [0, 0.1) is 0 Å². The number of ether oxygens (including phenoxy) is 1. The van der Waals surface area contributed by atoms with Crippen LogP contribution in [0.4, 0.5) is 5.82 Å². The third kappa shape index (κ3) is 3.86. The average molecular weight is 533 g/mol. The van der Waals surface area contributed by atoms with Crippen molar-refractivity contribution in [2.24, 2.45) is 0 Å². The fourth-order valence-corrected chi connectivity index (χ4v) is 7.29. The number of sulfone groups is 1. The van der Waals surface area contributed by atoms with Gasteiger partial charge in [0.15, 0.2) is 5.82 Å². The molecule has 0 aliphatic carbocycles. The third-order valence-corrected chi connectivity index (χ3v) is 9.55. The molecule has 2 aliphatic heterocycles. The van der Waals surface area contributed by atoms with E-state index in [9.17, 15) is 8.42 Å². The number of fused-ring (bicyclic) bond motifs is 2. The van der Waals surface area contributed by atoms with E-state index in [0.29, 0.717) is 18.7 Å². The molecule has 12 heteroatoms. The zero-order chi connectivity index (χ0) is 25.9. The summed E-state index contributed by atoms with van der Waals surface area (Å²) >= 11 is 0. The highest BCUT2D eigenvalue weighted by molar-refractivity contribution is 7.91. The van der Waals surface area contributed by atoms with E-state index in [-0.39, 0.29) is 23.6 Å². The van der Waals surface area contributed by atoms with Gasteiger partial charge in [0.2, 0.25) is 0 Å². The van der Waals surface area contributed by atoms with Crippen LogP contribution in [-0.2, 0) is 14.6 Å². The zero-order valence-corrected chi connectivity index (χ0v) is 21.6. The molecular weight excluding hydrogens is 504 g/mol. The van der Waals surface area contributed by atoms with Crippen LogP contribution in [0.1, 0.15) is 37.8 Å². The summed E-state index contributed by atoms with van der Waals surface area (Å²) in [6.45, 7) is 1.44. The third-order valence-electron chi connectivity index (χ3n) is 7.83. The Kier molecular flexibility index (Phi) is 5.48. The van der Waals surface area contributed by atoms with E-state index >= 15 is 0 Å². The van der Waals surface area contributed by atoms with Crippen molar-refractivity contribution in [3.05, 3.63) is 49.1 Å². The van der Waals surface area contributed by atoms with Crippen molar-refractivity contribution in [3.8, 4) is 22.5 Å². The van der Waals surface area contributed by atoms with Crippen molar-refractivity contribution in [2.75, 3.05) is 30.5 Å². The number of nitrogens with zero attached hydrogens (tertiary/aromatic N) is 7. The second-order valence-electron chi connectivity index (χ2n) is 10.1. The summed E-state index contributed by atoms with van der Waals surface area (Å²) in [5.74, 6) is 0.792. The number of aromatic nitrogens is 7. The van der Waals surface area contributed by atoms with Gasteiger partial charge in [0.1, 0.15) is 21.7 Å². The van der Waals surface area contributed by atoms with E-state index < -0.39 is 9.84 Å². The van der Waals surface area contributed by atoms with Gasteiger partial charge in [-0.15, -0.1) is 0 Å². The molecule has 2 fully saturated rings. The molecule has 0 atom stereocenters. The first-order valence-electron chi connectivity index (χ1n) is 12.9. The highest BCUT2D eigenvalue weighted by atomic mass is 32.2. The minimum absolute atomic E-state index is 0.0534. The number of benzene rings is 1. The molecule has 1 aromatic carbocycles. The van der Waals surface area contributed by atoms with Crippen molar-refractivity contribution in [1.82, 2.24) is 34.2 Å². The average Bonchev–Trinajstić information content (AvgIpc) is 3.66. The normalized spacial score (nSPS) is 18.9. The van der Waals surface area contributed by atoms with Crippen LogP contribution in [0.5, 0.6) is 0 Å². The van der Waals surface area contributed by atoms with Crippen LogP contribution in [0.2, 0.25) is 0 Å². The summed E-state index contributed by atoms with van der Waals surface area (Å²) in [6.07, 6.45) is 8.09. The SMILES string of the molecule is Nc1ncnn2c(-c3ccc4cnn(C5CCS(=O)(=O)CC5)c4c3)cc(-c3ccnn3C3CCOCC3)c12. The molecular formula is C26H28N8O3S. The lowest BCUT2D eigenvalue weighted by molar-refractivity contribution is 0.0667. The summed E-state index contributed by atoms with van der Waals surface area (Å²) in [5.41, 5.74) is 11.9. The fourth-order valence-electron chi connectivity index (χ4n) is 5.83. The maximum absolute atomic E-state index is 12.0. The van der Waals surface area contributed by atoms with Gasteiger partial charge < -0.3 is 10.5 Å². The summed E-state index contributed by atoms with van der Waals surface area (Å²) in [7, 11) is -2.95. The summed E-state index contributed by atoms with van der Waals surface area (Å²) in [4.78, 5) is 4.29. The molecule has 0 unspecified atom stereocenters. The van der Waals surface area contributed by atoms with E-state index in [0.717, 1.165) is 65.0 Å². The number of rotatable bonds is 4. The molecule has 2 aliphatic rings. The van der Waals surface area contributed by atoms with Crippen molar-refractivity contribution < 1.29 is 13.2 Å². The predicted octanol–water partition coefficient (Wildman–Crippen LogP) is 3.29. The molecule has 11 nitrogen and oxygen atoms in total. The predicted molar refractivity (Wildman–Crippen MR) is 143 cm³/mol. The Balaban J connectivity index is 1.35. The van der Waals surface area contributed by atoms with Crippen LogP contribution in [-0.4, -0.2) is 67.3 Å². The van der Waals surface area contributed by atoms with E-state index in [1.54, 1.807) is 0 Å². The second-order valence-corrected chi connectivity index (χ2v) is 12.4. The Labute approximate surface area is 219 Å². The summed E-state index contributed by atoms with van der Waals surface area (Å²) in [5, 5.41) is 14.9. The lowest BCUT2D eigenvalue weighted by Gasteiger charge is -2.24. The Morgan fingerprint density at radius 1 is 0.895 bits per heavy atom. The monoisotopic (exact) mass is 532 g/mol. The number of hydrogen-bond acceptors (Lipinski definition) is 8. The molecule has 6 heterocycles. The molecule has 38 heavy (non-hydrogen) atoms. The minimum atomic E-state index is -2.95. The van der Waals surface area contributed by atoms with E-state index in [4.69, 9.17) is 10.5 Å². The lowest BCUT2D eigenvalue weighted by atomic mass is 10.1. The Morgan fingerprint density at radius 2 is 1.68 bits per heavy atom. The number of hydrogen-bond donors (Lipinski definition) is 1. The molecule has 4 aromatic heterocycles. The van der Waals surface area contributed by atoms with E-state index in [2.05, 4.69) is 43.2 Å². The van der Waals surface area contributed by atoms with Crippen LogP contribution in [0.15, 0.2) is 49.1 Å². The standard InChI is InChI=1S/C26H28N8O3S/c27-26-25-21(22-3-8-29-32(22)19-4-9-37-10-5-19)14-24(34(25)31-16-28-26)17-1-2-18-15-30-33(23(18)13-17)20-6-11-38(35,36)12-7-20/h1-3,8,13-16,19-20H,4-7,9-12H2,(H2,27,28,31). The van der Waals surface area contributed by atoms with Crippen molar-refractivity contribution in [2.45, 2.75) is 37.8 Å². The van der Waals surface area contributed by atoms with Gasteiger partial charge in [0.25, 0.3) is 0 Å². The minimum Gasteiger partial charge on any atom is -0.382 e. The zero-order valence-electron chi connectivity index (χ0n) is 20.8. The van der Waals surface area contributed by atoms with Gasteiger partial charge in [-0.1, -0.05) is 12.1 Å². The fraction of sp³-hybridized carbons (Fsp3) is 0.385. The topological polar surface area (TPSA) is 135 Å². The number of nitrogen functional groups attached to an aromatic ring is 1. The van der Waals surface area contributed by atoms with Crippen LogP contribution in [0.25, 0.3) is 38.9 Å². The smallest absolute Gasteiger partial charge is 0.152 e. The lowest BCUT2D eigenvalue weighted by Crippen LogP contribution is -2.26. The Bertz CT molecular complexity index is 1750. The molecule has 5 aromatic rings. The highest BCUT2D eigenvalue weighted by Crippen LogP contribution is 2.38. The van der Waals surface area contributed by atoms with Crippen molar-refractivity contribution in [1.29, 1.82) is 0 Å². The molecule has 2 N–H and O–H groups in total. The van der Waals surface area contributed by atoms with E-state index in [1.165, 1.54) is 6.33 Å². The first kappa shape index (κ1) is 23.4. The largest absolute Gasteiger partial charge is 0.382 e. The number of nitrogens with two attached hydrogens (primary N) is 1.